The summed E-state index contributed by atoms with van der Waals surface area (Å²) >= 11 is 17.5. The topological polar surface area (TPSA) is 63.7 Å². The predicted molar refractivity (Wildman–Crippen MR) is 99.4 cm³/mol. The Morgan fingerprint density at radius 3 is 2.44 bits per heavy atom. The van der Waals surface area contributed by atoms with Crippen LogP contribution in [0.15, 0.2) is 47.4 Å². The Bertz CT molecular complexity index is 902. The average Bonchev–Trinajstić information content (AvgIpc) is 2.57. The van der Waals surface area contributed by atoms with Crippen molar-refractivity contribution in [3.63, 3.8) is 0 Å². The minimum Gasteiger partial charge on any atom is -0.497 e. The summed E-state index contributed by atoms with van der Waals surface area (Å²) in [6.07, 6.45) is 0. The first-order valence-corrected chi connectivity index (χ1v) is 9.58. The second-order valence-electron chi connectivity index (χ2n) is 5.06. The molecule has 0 aliphatic carbocycles. The van der Waals surface area contributed by atoms with Crippen LogP contribution in [0.3, 0.4) is 0 Å². The number of methoxy groups -OCH3 is 1. The van der Waals surface area contributed by atoms with Crippen LogP contribution < -0.4 is 9.04 Å². The highest BCUT2D eigenvalue weighted by atomic mass is 35.5. The summed E-state index contributed by atoms with van der Waals surface area (Å²) in [6.45, 7) is 1.38. The Morgan fingerprint density at radius 2 is 1.84 bits per heavy atom. The van der Waals surface area contributed by atoms with Gasteiger partial charge in [-0.1, -0.05) is 29.3 Å². The Balaban J connectivity index is 2.70. The van der Waals surface area contributed by atoms with Crippen LogP contribution in [0.2, 0.25) is 10.0 Å². The van der Waals surface area contributed by atoms with Crippen molar-refractivity contribution >= 4 is 55.8 Å². The number of carbonyl (C=O) groups excluding carboxylic acids is 1. The summed E-state index contributed by atoms with van der Waals surface area (Å²) < 4.78 is 32.4. The van der Waals surface area contributed by atoms with Gasteiger partial charge in [0.15, 0.2) is 0 Å². The van der Waals surface area contributed by atoms with Gasteiger partial charge >= 0.3 is 0 Å². The average molecular weight is 423 g/mol. The quantitative estimate of drug-likeness (QED) is 0.649. The minimum absolute atomic E-state index is 0.0217. The van der Waals surface area contributed by atoms with Crippen molar-refractivity contribution in [2.45, 2.75) is 17.9 Å². The molecule has 2 rings (SSSR count). The molecule has 9 heteroatoms. The number of hydrogen-bond donors (Lipinski definition) is 0. The van der Waals surface area contributed by atoms with Crippen LogP contribution in [-0.4, -0.2) is 26.8 Å². The molecule has 0 radical (unpaired) electrons. The van der Waals surface area contributed by atoms with Gasteiger partial charge in [0.25, 0.3) is 10.0 Å². The second-order valence-corrected chi connectivity index (χ2v) is 8.06. The second kappa shape index (κ2) is 7.83. The highest BCUT2D eigenvalue weighted by Gasteiger charge is 2.34. The molecule has 25 heavy (non-hydrogen) atoms. The summed E-state index contributed by atoms with van der Waals surface area (Å²) in [7, 11) is -2.77. The third-order valence-corrected chi connectivity index (χ3v) is 6.35. The SMILES string of the molecule is COc1cccc(N(C(C)C(=O)Cl)S(=O)(=O)c2cc(Cl)ccc2Cl)c1. The Morgan fingerprint density at radius 1 is 1.16 bits per heavy atom. The van der Waals surface area contributed by atoms with Gasteiger partial charge in [0.05, 0.1) is 17.8 Å². The molecule has 2 aromatic carbocycles. The van der Waals surface area contributed by atoms with Crippen LogP contribution in [0.25, 0.3) is 0 Å². The molecule has 5 nitrogen and oxygen atoms in total. The largest absolute Gasteiger partial charge is 0.497 e. The normalized spacial score (nSPS) is 12.5. The molecule has 0 aliphatic heterocycles. The molecule has 0 heterocycles. The van der Waals surface area contributed by atoms with Crippen molar-refractivity contribution in [3.05, 3.63) is 52.5 Å². The van der Waals surface area contributed by atoms with E-state index in [0.29, 0.717) is 5.75 Å². The lowest BCUT2D eigenvalue weighted by Crippen LogP contribution is -2.42. The molecule has 1 unspecified atom stereocenters. The summed E-state index contributed by atoms with van der Waals surface area (Å²) in [6, 6.07) is 9.13. The van der Waals surface area contributed by atoms with E-state index in [9.17, 15) is 13.2 Å². The van der Waals surface area contributed by atoms with Crippen LogP contribution in [-0.2, 0) is 14.8 Å². The lowest BCUT2D eigenvalue weighted by Gasteiger charge is -2.29. The smallest absolute Gasteiger partial charge is 0.266 e. The molecule has 134 valence electrons. The molecule has 1 atom stereocenters. The molecule has 0 N–H and O–H groups in total. The van der Waals surface area contributed by atoms with Gasteiger partial charge in [0.1, 0.15) is 16.7 Å². The lowest BCUT2D eigenvalue weighted by molar-refractivity contribution is -0.112. The third-order valence-electron chi connectivity index (χ3n) is 3.42. The van der Waals surface area contributed by atoms with Crippen LogP contribution in [0, 0.1) is 0 Å². The molecule has 0 saturated heterocycles. The van der Waals surface area contributed by atoms with E-state index < -0.39 is 21.3 Å². The molecule has 0 fully saturated rings. The fraction of sp³-hybridized carbons (Fsp3) is 0.188. The van der Waals surface area contributed by atoms with Crippen LogP contribution in [0.1, 0.15) is 6.92 Å². The Hall–Kier alpha value is -1.47. The van der Waals surface area contributed by atoms with Crippen LogP contribution >= 0.6 is 34.8 Å². The Kier molecular flexibility index (Phi) is 6.21. The first-order valence-electron chi connectivity index (χ1n) is 7.01. The lowest BCUT2D eigenvalue weighted by atomic mass is 10.2. The monoisotopic (exact) mass is 421 g/mol. The molecular weight excluding hydrogens is 409 g/mol. The molecule has 0 aliphatic rings. The van der Waals surface area contributed by atoms with Crippen molar-refractivity contribution in [3.8, 4) is 5.75 Å². The highest BCUT2D eigenvalue weighted by Crippen LogP contribution is 2.33. The van der Waals surface area contributed by atoms with E-state index in [0.717, 1.165) is 4.31 Å². The Labute approximate surface area is 161 Å². The number of anilines is 1. The number of halogens is 3. The van der Waals surface area contributed by atoms with Crippen LogP contribution in [0.5, 0.6) is 5.75 Å². The van der Waals surface area contributed by atoms with E-state index in [2.05, 4.69) is 0 Å². The number of rotatable bonds is 6. The standard InChI is InChI=1S/C16H14Cl3NO4S/c1-10(16(19)21)20(12-4-3-5-13(9-12)24-2)25(22,23)15-8-11(17)6-7-14(15)18/h3-10H,1-2H3. The zero-order chi connectivity index (χ0) is 18.8. The molecule has 0 saturated carbocycles. The maximum Gasteiger partial charge on any atom is 0.266 e. The molecule has 0 spiro atoms. The fourth-order valence-electron chi connectivity index (χ4n) is 2.19. The number of ether oxygens (including phenoxy) is 1. The molecule has 0 amide bonds. The first kappa shape index (κ1) is 19.8. The summed E-state index contributed by atoms with van der Waals surface area (Å²) in [5, 5.41) is -0.672. The van der Waals surface area contributed by atoms with Gasteiger partial charge < -0.3 is 4.74 Å². The van der Waals surface area contributed by atoms with Gasteiger partial charge in [-0.05, 0) is 48.9 Å². The zero-order valence-electron chi connectivity index (χ0n) is 13.2. The van der Waals surface area contributed by atoms with Gasteiger partial charge in [-0.3, -0.25) is 9.10 Å². The number of benzene rings is 2. The number of sulfonamides is 1. The van der Waals surface area contributed by atoms with Gasteiger partial charge in [-0.2, -0.15) is 0 Å². The number of carbonyl (C=O) groups is 1. The maximum atomic E-state index is 13.2. The van der Waals surface area contributed by atoms with Crippen molar-refractivity contribution in [1.82, 2.24) is 0 Å². The summed E-state index contributed by atoms with van der Waals surface area (Å²) in [5.41, 5.74) is 0.205. The molecule has 2 aromatic rings. The predicted octanol–water partition coefficient (Wildman–Crippen LogP) is 4.35. The summed E-state index contributed by atoms with van der Waals surface area (Å²) in [5.74, 6) is 0.420. The number of nitrogens with zero attached hydrogens (tertiary/aromatic N) is 1. The van der Waals surface area contributed by atoms with Gasteiger partial charge in [-0.25, -0.2) is 8.42 Å². The molecule has 0 aromatic heterocycles. The van der Waals surface area contributed by atoms with E-state index in [1.165, 1.54) is 44.4 Å². The molecule has 0 bridgehead atoms. The minimum atomic E-state index is -4.22. The van der Waals surface area contributed by atoms with Gasteiger partial charge in [-0.15, -0.1) is 0 Å². The third kappa shape index (κ3) is 4.20. The van der Waals surface area contributed by atoms with Crippen molar-refractivity contribution in [1.29, 1.82) is 0 Å². The molecular formula is C16H14Cl3NO4S. The van der Waals surface area contributed by atoms with E-state index in [1.54, 1.807) is 12.1 Å². The fourth-order valence-corrected chi connectivity index (χ4v) is 4.70. The van der Waals surface area contributed by atoms with E-state index in [4.69, 9.17) is 39.5 Å². The van der Waals surface area contributed by atoms with E-state index in [1.807, 2.05) is 0 Å². The van der Waals surface area contributed by atoms with E-state index >= 15 is 0 Å². The van der Waals surface area contributed by atoms with E-state index in [-0.39, 0.29) is 20.6 Å². The van der Waals surface area contributed by atoms with Crippen LogP contribution in [0.4, 0.5) is 5.69 Å². The van der Waals surface area contributed by atoms with Gasteiger partial charge in [0.2, 0.25) is 5.24 Å². The first-order chi connectivity index (χ1) is 11.7. The number of hydrogen-bond acceptors (Lipinski definition) is 4. The van der Waals surface area contributed by atoms with Crippen molar-refractivity contribution in [2.24, 2.45) is 0 Å². The zero-order valence-corrected chi connectivity index (χ0v) is 16.3. The van der Waals surface area contributed by atoms with Crippen molar-refractivity contribution in [2.75, 3.05) is 11.4 Å². The maximum absolute atomic E-state index is 13.2. The van der Waals surface area contributed by atoms with Gasteiger partial charge in [0, 0.05) is 11.1 Å². The highest BCUT2D eigenvalue weighted by molar-refractivity contribution is 7.93. The summed E-state index contributed by atoms with van der Waals surface area (Å²) in [4.78, 5) is 11.5. The van der Waals surface area contributed by atoms with Crippen molar-refractivity contribution < 1.29 is 17.9 Å².